The average molecular weight is 439 g/mol. The van der Waals surface area contributed by atoms with E-state index in [9.17, 15) is 4.79 Å². The van der Waals surface area contributed by atoms with E-state index in [1.165, 1.54) is 16.9 Å². The molecule has 8 nitrogen and oxygen atoms in total. The molecule has 2 atom stereocenters. The summed E-state index contributed by atoms with van der Waals surface area (Å²) < 4.78 is 6.08. The summed E-state index contributed by atoms with van der Waals surface area (Å²) in [6.45, 7) is 5.57. The third-order valence-corrected chi connectivity index (χ3v) is 5.86. The molecule has 2 aromatic heterocycles. The second kappa shape index (κ2) is 10.4. The van der Waals surface area contributed by atoms with Gasteiger partial charge in [0.05, 0.1) is 24.3 Å². The molecule has 2 N–H and O–H groups in total. The summed E-state index contributed by atoms with van der Waals surface area (Å²) in [5, 5.41) is 14.2. The topological polar surface area (TPSA) is 92.3 Å². The number of nitrogens with zero attached hydrogens (tertiary/aromatic N) is 4. The maximum Gasteiger partial charge on any atom is 0.259 e. The molecule has 1 aliphatic rings. The highest BCUT2D eigenvalue weighted by Crippen LogP contribution is 2.18. The van der Waals surface area contributed by atoms with Crippen LogP contribution < -0.4 is 10.6 Å². The normalized spacial score (nSPS) is 17.8. The van der Waals surface area contributed by atoms with Gasteiger partial charge in [-0.2, -0.15) is 0 Å². The van der Waals surface area contributed by atoms with E-state index in [1.54, 1.807) is 17.8 Å². The van der Waals surface area contributed by atoms with Gasteiger partial charge in [-0.1, -0.05) is 48.6 Å². The van der Waals surface area contributed by atoms with Gasteiger partial charge in [-0.15, -0.1) is 10.2 Å². The first kappa shape index (κ1) is 21.4. The van der Waals surface area contributed by atoms with Crippen molar-refractivity contribution in [2.45, 2.75) is 32.0 Å². The first-order valence-corrected chi connectivity index (χ1v) is 11.3. The van der Waals surface area contributed by atoms with Crippen molar-refractivity contribution in [1.82, 2.24) is 20.1 Å². The van der Waals surface area contributed by atoms with Gasteiger partial charge in [-0.3, -0.25) is 15.0 Å². The number of carbonyl (C=O) groups is 1. The minimum atomic E-state index is -0.255. The van der Waals surface area contributed by atoms with Crippen molar-refractivity contribution in [3.63, 3.8) is 0 Å². The summed E-state index contributed by atoms with van der Waals surface area (Å²) in [6.07, 6.45) is 2.55. The molecule has 31 heavy (non-hydrogen) atoms. The Kier molecular flexibility index (Phi) is 7.18. The van der Waals surface area contributed by atoms with Crippen LogP contribution in [0.4, 0.5) is 10.9 Å². The molecule has 1 saturated heterocycles. The number of nitrogens with one attached hydrogen (secondary N) is 2. The number of hydrogen-bond acceptors (Lipinski definition) is 8. The Balaban J connectivity index is 1.34. The zero-order chi connectivity index (χ0) is 21.5. The lowest BCUT2D eigenvalue weighted by Crippen LogP contribution is -2.49. The number of benzene rings is 1. The second-order valence-corrected chi connectivity index (χ2v) is 8.25. The van der Waals surface area contributed by atoms with Crippen LogP contribution in [0, 0.1) is 0 Å². The van der Waals surface area contributed by atoms with Gasteiger partial charge in [0.2, 0.25) is 5.13 Å². The van der Waals surface area contributed by atoms with Crippen molar-refractivity contribution in [2.24, 2.45) is 0 Å². The van der Waals surface area contributed by atoms with E-state index in [2.05, 4.69) is 61.9 Å². The number of carbonyl (C=O) groups excluding carboxylic acids is 1. The molecule has 9 heteroatoms. The number of pyridine rings is 1. The van der Waals surface area contributed by atoms with Gasteiger partial charge in [-0.05, 0) is 24.1 Å². The lowest BCUT2D eigenvalue weighted by atomic mass is 10.1. The Labute approximate surface area is 185 Å². The summed E-state index contributed by atoms with van der Waals surface area (Å²) in [5.41, 5.74) is 3.35. The van der Waals surface area contributed by atoms with Gasteiger partial charge in [0.25, 0.3) is 5.91 Å². The molecule has 0 radical (unpaired) electrons. The van der Waals surface area contributed by atoms with Crippen LogP contribution in [0.25, 0.3) is 0 Å². The molecule has 0 saturated carbocycles. The number of aromatic nitrogens is 3. The summed E-state index contributed by atoms with van der Waals surface area (Å²) >= 11 is 1.27. The Hall–Kier alpha value is -2.88. The number of ether oxygens (including phenoxy) is 1. The van der Waals surface area contributed by atoms with Crippen molar-refractivity contribution in [1.29, 1.82) is 0 Å². The van der Waals surface area contributed by atoms with Crippen LogP contribution in [0.1, 0.15) is 29.3 Å². The molecule has 162 valence electrons. The third kappa shape index (κ3) is 5.84. The van der Waals surface area contributed by atoms with E-state index in [0.717, 1.165) is 31.9 Å². The third-order valence-electron chi connectivity index (χ3n) is 5.25. The molecule has 0 aliphatic carbocycles. The molecule has 1 aromatic carbocycles. The molecule has 0 bridgehead atoms. The minimum Gasteiger partial charge on any atom is -0.373 e. The minimum absolute atomic E-state index is 0.0737. The van der Waals surface area contributed by atoms with Crippen molar-refractivity contribution in [2.75, 3.05) is 30.3 Å². The van der Waals surface area contributed by atoms with E-state index in [1.807, 2.05) is 12.1 Å². The molecule has 1 amide bonds. The van der Waals surface area contributed by atoms with Crippen LogP contribution in [-0.4, -0.2) is 57.8 Å². The summed E-state index contributed by atoms with van der Waals surface area (Å²) in [4.78, 5) is 19.1. The van der Waals surface area contributed by atoms with Crippen molar-refractivity contribution in [3.05, 3.63) is 65.3 Å². The van der Waals surface area contributed by atoms with Gasteiger partial charge < -0.3 is 10.1 Å². The van der Waals surface area contributed by atoms with E-state index < -0.39 is 0 Å². The standard InChI is InChI=1S/C22H26N6O2S/c1-2-18(19-14-28(10-11-30-19)13-16-6-4-3-5-7-16)25-20-9-8-17(12-23-20)21(29)26-22-27-24-15-31-22/h3-9,12,15,18-19H,2,10-11,13-14H2,1H3,(H,23,25)(H,26,27,29). The Morgan fingerprint density at radius 2 is 2.16 bits per heavy atom. The molecule has 1 fully saturated rings. The molecule has 0 spiro atoms. The number of rotatable bonds is 8. The second-order valence-electron chi connectivity index (χ2n) is 7.42. The van der Waals surface area contributed by atoms with Crippen molar-refractivity contribution in [3.8, 4) is 0 Å². The highest BCUT2D eigenvalue weighted by molar-refractivity contribution is 7.13. The molecule has 3 aromatic rings. The van der Waals surface area contributed by atoms with Gasteiger partial charge in [0.1, 0.15) is 11.3 Å². The van der Waals surface area contributed by atoms with Crippen molar-refractivity contribution >= 4 is 28.2 Å². The number of amides is 1. The quantitative estimate of drug-likeness (QED) is 0.558. The van der Waals surface area contributed by atoms with Crippen molar-refractivity contribution < 1.29 is 9.53 Å². The fourth-order valence-corrected chi connectivity index (χ4v) is 4.06. The molecule has 2 unspecified atom stereocenters. The number of morpholine rings is 1. The van der Waals surface area contributed by atoms with E-state index >= 15 is 0 Å². The van der Waals surface area contributed by atoms with Crippen LogP contribution in [0.3, 0.4) is 0 Å². The predicted octanol–water partition coefficient (Wildman–Crippen LogP) is 3.28. The highest BCUT2D eigenvalue weighted by Gasteiger charge is 2.27. The SMILES string of the molecule is CCC(Nc1ccc(C(=O)Nc2nncs2)cn1)C1CN(Cc2ccccc2)CCO1. The molecular weight excluding hydrogens is 412 g/mol. The van der Waals surface area contributed by atoms with Gasteiger partial charge in [0, 0.05) is 25.8 Å². The number of hydrogen-bond donors (Lipinski definition) is 2. The first-order chi connectivity index (χ1) is 15.2. The zero-order valence-corrected chi connectivity index (χ0v) is 18.2. The molecule has 1 aliphatic heterocycles. The Morgan fingerprint density at radius 3 is 2.87 bits per heavy atom. The van der Waals surface area contributed by atoms with Crippen LogP contribution in [0.15, 0.2) is 54.2 Å². The van der Waals surface area contributed by atoms with Gasteiger partial charge in [0.15, 0.2) is 0 Å². The lowest BCUT2D eigenvalue weighted by molar-refractivity contribution is -0.0403. The zero-order valence-electron chi connectivity index (χ0n) is 17.4. The van der Waals surface area contributed by atoms with Crippen LogP contribution in [0.5, 0.6) is 0 Å². The van der Waals surface area contributed by atoms with Crippen LogP contribution in [-0.2, 0) is 11.3 Å². The average Bonchev–Trinajstić information content (AvgIpc) is 3.32. The van der Waals surface area contributed by atoms with Gasteiger partial charge in [-0.25, -0.2) is 4.98 Å². The highest BCUT2D eigenvalue weighted by atomic mass is 32.1. The predicted molar refractivity (Wildman–Crippen MR) is 121 cm³/mol. The summed E-state index contributed by atoms with van der Waals surface area (Å²) in [7, 11) is 0. The lowest BCUT2D eigenvalue weighted by Gasteiger charge is -2.37. The summed E-state index contributed by atoms with van der Waals surface area (Å²) in [6, 6.07) is 14.2. The fraction of sp³-hybridized carbons (Fsp3) is 0.364. The molecule has 3 heterocycles. The van der Waals surface area contributed by atoms with Crippen LogP contribution >= 0.6 is 11.3 Å². The van der Waals surface area contributed by atoms with E-state index in [4.69, 9.17) is 4.74 Å². The summed E-state index contributed by atoms with van der Waals surface area (Å²) in [5.74, 6) is 0.470. The Bertz CT molecular complexity index is 952. The largest absolute Gasteiger partial charge is 0.373 e. The number of anilines is 2. The van der Waals surface area contributed by atoms with Crippen LogP contribution in [0.2, 0.25) is 0 Å². The molecule has 4 rings (SSSR count). The molecular formula is C22H26N6O2S. The van der Waals surface area contributed by atoms with E-state index in [-0.39, 0.29) is 18.1 Å². The first-order valence-electron chi connectivity index (χ1n) is 10.4. The fourth-order valence-electron chi connectivity index (χ4n) is 3.62. The maximum absolute atomic E-state index is 12.3. The van der Waals surface area contributed by atoms with E-state index in [0.29, 0.717) is 17.3 Å². The smallest absolute Gasteiger partial charge is 0.259 e. The monoisotopic (exact) mass is 438 g/mol. The Morgan fingerprint density at radius 1 is 1.29 bits per heavy atom. The van der Waals surface area contributed by atoms with Gasteiger partial charge >= 0.3 is 0 Å². The maximum atomic E-state index is 12.3.